The number of aryl methyl sites for hydroxylation is 1. The molecule has 3 nitrogen and oxygen atoms in total. The van der Waals surface area contributed by atoms with E-state index in [2.05, 4.69) is 53.5 Å². The summed E-state index contributed by atoms with van der Waals surface area (Å²) in [5.41, 5.74) is 3.52. The molecule has 1 aromatic heterocycles. The molecule has 0 saturated heterocycles. The van der Waals surface area contributed by atoms with Crippen molar-refractivity contribution in [3.63, 3.8) is 0 Å². The van der Waals surface area contributed by atoms with E-state index in [9.17, 15) is 0 Å². The van der Waals surface area contributed by atoms with Crippen LogP contribution in [-0.2, 0) is 13.6 Å². The van der Waals surface area contributed by atoms with E-state index in [0.29, 0.717) is 0 Å². The van der Waals surface area contributed by atoms with Crippen molar-refractivity contribution in [2.24, 2.45) is 7.05 Å². The van der Waals surface area contributed by atoms with E-state index in [1.165, 1.54) is 10.9 Å². The normalized spacial score (nSPS) is 10.7. The Bertz CT molecular complexity index is 731. The van der Waals surface area contributed by atoms with Crippen LogP contribution in [0.15, 0.2) is 54.7 Å². The first kappa shape index (κ1) is 12.6. The van der Waals surface area contributed by atoms with Gasteiger partial charge in [-0.2, -0.15) is 0 Å². The highest BCUT2D eigenvalue weighted by Crippen LogP contribution is 2.22. The topological polar surface area (TPSA) is 26.2 Å². The predicted molar refractivity (Wildman–Crippen MR) is 83.2 cm³/mol. The van der Waals surface area contributed by atoms with Gasteiger partial charge in [0.1, 0.15) is 5.75 Å². The smallest absolute Gasteiger partial charge is 0.123 e. The Kier molecular flexibility index (Phi) is 3.33. The molecule has 0 amide bonds. The molecular formula is C17H18N2O. The molecule has 0 aliphatic carbocycles. The zero-order chi connectivity index (χ0) is 13.9. The van der Waals surface area contributed by atoms with E-state index in [1.807, 2.05) is 18.2 Å². The first-order valence-electron chi connectivity index (χ1n) is 6.69. The fraction of sp³-hybridized carbons (Fsp3) is 0.176. The molecular weight excluding hydrogens is 248 g/mol. The van der Waals surface area contributed by atoms with Crippen LogP contribution < -0.4 is 10.1 Å². The summed E-state index contributed by atoms with van der Waals surface area (Å²) >= 11 is 0. The molecule has 0 fully saturated rings. The van der Waals surface area contributed by atoms with E-state index in [1.54, 1.807) is 7.11 Å². The summed E-state index contributed by atoms with van der Waals surface area (Å²) < 4.78 is 7.49. The maximum absolute atomic E-state index is 5.36. The molecule has 3 heteroatoms. The van der Waals surface area contributed by atoms with Crippen LogP contribution in [0.2, 0.25) is 0 Å². The molecule has 0 aliphatic rings. The summed E-state index contributed by atoms with van der Waals surface area (Å²) in [6.07, 6.45) is 2.08. The highest BCUT2D eigenvalue weighted by atomic mass is 16.5. The lowest BCUT2D eigenvalue weighted by atomic mass is 10.2. The van der Waals surface area contributed by atoms with Crippen molar-refractivity contribution in [3.8, 4) is 5.75 Å². The maximum Gasteiger partial charge on any atom is 0.123 e. The zero-order valence-corrected chi connectivity index (χ0v) is 11.8. The van der Waals surface area contributed by atoms with Crippen LogP contribution >= 0.6 is 0 Å². The van der Waals surface area contributed by atoms with Crippen LogP contribution in [0.25, 0.3) is 10.9 Å². The van der Waals surface area contributed by atoms with Gasteiger partial charge in [-0.3, -0.25) is 0 Å². The van der Waals surface area contributed by atoms with Gasteiger partial charge in [-0.25, -0.2) is 0 Å². The molecule has 20 heavy (non-hydrogen) atoms. The molecule has 102 valence electrons. The monoisotopic (exact) mass is 266 g/mol. The minimum absolute atomic E-state index is 0.752. The average Bonchev–Trinajstić information content (AvgIpc) is 2.86. The van der Waals surface area contributed by atoms with E-state index < -0.39 is 0 Å². The second kappa shape index (κ2) is 5.29. The zero-order valence-electron chi connectivity index (χ0n) is 11.8. The molecule has 0 atom stereocenters. The maximum atomic E-state index is 5.36. The van der Waals surface area contributed by atoms with Crippen LogP contribution in [0.1, 0.15) is 5.56 Å². The van der Waals surface area contributed by atoms with Gasteiger partial charge in [-0.15, -0.1) is 0 Å². The predicted octanol–water partition coefficient (Wildman–Crippen LogP) is 3.80. The average molecular weight is 266 g/mol. The number of fused-ring (bicyclic) bond motifs is 1. The van der Waals surface area contributed by atoms with Crippen molar-refractivity contribution >= 4 is 16.6 Å². The Morgan fingerprint density at radius 3 is 2.80 bits per heavy atom. The lowest BCUT2D eigenvalue weighted by molar-refractivity contribution is 0.410. The number of rotatable bonds is 4. The summed E-state index contributed by atoms with van der Waals surface area (Å²) in [6, 6.07) is 16.6. The number of anilines is 1. The third-order valence-electron chi connectivity index (χ3n) is 3.56. The summed E-state index contributed by atoms with van der Waals surface area (Å²) in [7, 11) is 3.76. The van der Waals surface area contributed by atoms with Gasteiger partial charge in [-0.1, -0.05) is 18.2 Å². The van der Waals surface area contributed by atoms with Gasteiger partial charge in [-0.05, 0) is 30.3 Å². The first-order chi connectivity index (χ1) is 9.78. The molecule has 0 saturated carbocycles. The van der Waals surface area contributed by atoms with E-state index in [4.69, 9.17) is 4.74 Å². The molecule has 1 N–H and O–H groups in total. The number of ether oxygens (including phenoxy) is 1. The molecule has 3 rings (SSSR count). The first-order valence-corrected chi connectivity index (χ1v) is 6.69. The second-order valence-electron chi connectivity index (χ2n) is 4.87. The molecule has 0 bridgehead atoms. The number of benzene rings is 2. The molecule has 0 unspecified atom stereocenters. The van der Waals surface area contributed by atoms with Gasteiger partial charge in [0.15, 0.2) is 0 Å². The lowest BCUT2D eigenvalue weighted by Gasteiger charge is -2.10. The number of hydrogen-bond acceptors (Lipinski definition) is 2. The van der Waals surface area contributed by atoms with Gasteiger partial charge < -0.3 is 14.6 Å². The quantitative estimate of drug-likeness (QED) is 0.777. The van der Waals surface area contributed by atoms with Crippen LogP contribution in [0.5, 0.6) is 5.75 Å². The summed E-state index contributed by atoms with van der Waals surface area (Å²) in [5.74, 6) is 0.917. The summed E-state index contributed by atoms with van der Waals surface area (Å²) in [5, 5.41) is 4.70. The molecule has 0 spiro atoms. The van der Waals surface area contributed by atoms with Crippen molar-refractivity contribution in [1.82, 2.24) is 4.57 Å². The van der Waals surface area contributed by atoms with Gasteiger partial charge in [0, 0.05) is 41.9 Å². The fourth-order valence-electron chi connectivity index (χ4n) is 2.44. The van der Waals surface area contributed by atoms with Crippen molar-refractivity contribution in [2.45, 2.75) is 6.54 Å². The highest BCUT2D eigenvalue weighted by molar-refractivity contribution is 5.83. The largest absolute Gasteiger partial charge is 0.496 e. The van der Waals surface area contributed by atoms with Crippen LogP contribution in [-0.4, -0.2) is 11.7 Å². The van der Waals surface area contributed by atoms with E-state index >= 15 is 0 Å². The van der Waals surface area contributed by atoms with Crippen LogP contribution in [0, 0.1) is 0 Å². The number of hydrogen-bond donors (Lipinski definition) is 1. The van der Waals surface area contributed by atoms with Crippen LogP contribution in [0.3, 0.4) is 0 Å². The molecule has 3 aromatic rings. The molecule has 2 aromatic carbocycles. The number of nitrogens with one attached hydrogen (secondary N) is 1. The second-order valence-corrected chi connectivity index (χ2v) is 4.87. The van der Waals surface area contributed by atoms with E-state index in [-0.39, 0.29) is 0 Å². The summed E-state index contributed by atoms with van der Waals surface area (Å²) in [6.45, 7) is 0.752. The van der Waals surface area contributed by atoms with Gasteiger partial charge >= 0.3 is 0 Å². The Labute approximate surface area is 118 Å². The fourth-order valence-corrected chi connectivity index (χ4v) is 2.44. The summed E-state index contributed by atoms with van der Waals surface area (Å²) in [4.78, 5) is 0. The molecule has 0 radical (unpaired) electrons. The van der Waals surface area contributed by atoms with Crippen molar-refractivity contribution in [2.75, 3.05) is 12.4 Å². The minimum Gasteiger partial charge on any atom is -0.496 e. The van der Waals surface area contributed by atoms with Crippen molar-refractivity contribution < 1.29 is 4.74 Å². The number of para-hydroxylation sites is 1. The SMILES string of the molecule is COc1ccccc1CNc1ccc2c(ccn2C)c1. The van der Waals surface area contributed by atoms with Crippen molar-refractivity contribution in [1.29, 1.82) is 0 Å². The third kappa shape index (κ3) is 2.35. The lowest BCUT2D eigenvalue weighted by Crippen LogP contribution is -2.01. The van der Waals surface area contributed by atoms with E-state index in [0.717, 1.165) is 23.5 Å². The molecule has 0 aliphatic heterocycles. The number of nitrogens with zero attached hydrogens (tertiary/aromatic N) is 1. The highest BCUT2D eigenvalue weighted by Gasteiger charge is 2.03. The Hall–Kier alpha value is -2.42. The Morgan fingerprint density at radius 2 is 1.95 bits per heavy atom. The Balaban J connectivity index is 1.79. The Morgan fingerprint density at radius 1 is 1.10 bits per heavy atom. The molecule has 1 heterocycles. The number of methoxy groups -OCH3 is 1. The van der Waals surface area contributed by atoms with Crippen LogP contribution in [0.4, 0.5) is 5.69 Å². The number of aromatic nitrogens is 1. The van der Waals surface area contributed by atoms with Gasteiger partial charge in [0.25, 0.3) is 0 Å². The van der Waals surface area contributed by atoms with Gasteiger partial charge in [0.2, 0.25) is 0 Å². The van der Waals surface area contributed by atoms with Gasteiger partial charge in [0.05, 0.1) is 7.11 Å². The standard InChI is InChI=1S/C17H18N2O/c1-19-10-9-13-11-15(7-8-16(13)19)18-12-14-5-3-4-6-17(14)20-2/h3-11,18H,12H2,1-2H3. The minimum atomic E-state index is 0.752. The van der Waals surface area contributed by atoms with Crippen molar-refractivity contribution in [3.05, 3.63) is 60.3 Å². The third-order valence-corrected chi connectivity index (χ3v) is 3.56.